The topological polar surface area (TPSA) is 41.1 Å². The Hall–Kier alpha value is -3.18. The second kappa shape index (κ2) is 7.33. The normalized spacial score (nSPS) is 16.7. The molecule has 0 saturated heterocycles. The number of benzene rings is 2. The Kier molecular flexibility index (Phi) is 4.52. The molecule has 0 fully saturated rings. The van der Waals surface area contributed by atoms with Gasteiger partial charge in [-0.15, -0.1) is 0 Å². The van der Waals surface area contributed by atoms with E-state index in [0.29, 0.717) is 0 Å². The van der Waals surface area contributed by atoms with Crippen LogP contribution in [0.3, 0.4) is 0 Å². The summed E-state index contributed by atoms with van der Waals surface area (Å²) in [5, 5.41) is 1.22. The fourth-order valence-corrected chi connectivity index (χ4v) is 4.35. The van der Waals surface area contributed by atoms with E-state index in [-0.39, 0.29) is 11.9 Å². The van der Waals surface area contributed by atoms with Crippen molar-refractivity contribution in [1.82, 2.24) is 14.9 Å². The van der Waals surface area contributed by atoms with E-state index >= 15 is 0 Å². The number of nitrogens with zero attached hydrogens (tertiary/aromatic N) is 2. The molecule has 2 aromatic heterocycles. The van der Waals surface area contributed by atoms with Gasteiger partial charge in [-0.3, -0.25) is 9.88 Å². The van der Waals surface area contributed by atoms with Gasteiger partial charge < -0.3 is 9.72 Å². The van der Waals surface area contributed by atoms with Crippen LogP contribution in [0.25, 0.3) is 10.9 Å². The van der Waals surface area contributed by atoms with E-state index in [1.165, 1.54) is 28.8 Å². The molecule has 4 aromatic rings. The lowest BCUT2D eigenvalue weighted by Crippen LogP contribution is -2.35. The molecule has 1 aliphatic rings. The highest BCUT2D eigenvalue weighted by Gasteiger charge is 2.32. The standard InChI is InChI=1S/C24H22FN3O/c1-29-19-8-9-22-21(13-19)20-10-12-28(15-16-4-6-18(25)7-5-16)24(23(20)27-22)17-3-2-11-26-14-17/h2-9,11,13-14,24,27H,10,12,15H2,1H3. The van der Waals surface area contributed by atoms with Gasteiger partial charge in [0.25, 0.3) is 0 Å². The first kappa shape index (κ1) is 17.9. The van der Waals surface area contributed by atoms with Gasteiger partial charge in [-0.2, -0.15) is 0 Å². The Morgan fingerprint density at radius 2 is 2.03 bits per heavy atom. The van der Waals surface area contributed by atoms with Crippen LogP contribution in [-0.4, -0.2) is 28.5 Å². The van der Waals surface area contributed by atoms with Crippen LogP contribution in [0.4, 0.5) is 4.39 Å². The SMILES string of the molecule is COc1ccc2[nH]c3c(c2c1)CCN(Cc1ccc(F)cc1)C3c1cccnc1. The summed E-state index contributed by atoms with van der Waals surface area (Å²) in [7, 11) is 1.70. The number of hydrogen-bond acceptors (Lipinski definition) is 3. The summed E-state index contributed by atoms with van der Waals surface area (Å²) < 4.78 is 18.8. The van der Waals surface area contributed by atoms with Crippen molar-refractivity contribution in [2.45, 2.75) is 19.0 Å². The molecule has 5 rings (SSSR count). The smallest absolute Gasteiger partial charge is 0.123 e. The lowest BCUT2D eigenvalue weighted by molar-refractivity contribution is 0.201. The van der Waals surface area contributed by atoms with Gasteiger partial charge in [-0.1, -0.05) is 18.2 Å². The molecule has 0 spiro atoms. The number of methoxy groups -OCH3 is 1. The van der Waals surface area contributed by atoms with Crippen molar-refractivity contribution in [1.29, 1.82) is 0 Å². The largest absolute Gasteiger partial charge is 0.497 e. The fourth-order valence-electron chi connectivity index (χ4n) is 4.35. The lowest BCUT2D eigenvalue weighted by atomic mass is 9.92. The van der Waals surface area contributed by atoms with Crippen LogP contribution in [0.1, 0.15) is 28.4 Å². The van der Waals surface area contributed by atoms with E-state index in [4.69, 9.17) is 4.74 Å². The molecule has 0 amide bonds. The molecule has 146 valence electrons. The van der Waals surface area contributed by atoms with Crippen LogP contribution in [0.15, 0.2) is 67.0 Å². The Balaban J connectivity index is 1.60. The van der Waals surface area contributed by atoms with Gasteiger partial charge in [0.15, 0.2) is 0 Å². The number of aromatic nitrogens is 2. The van der Waals surface area contributed by atoms with Gasteiger partial charge >= 0.3 is 0 Å². The highest BCUT2D eigenvalue weighted by atomic mass is 19.1. The second-order valence-electron chi connectivity index (χ2n) is 7.46. The molecule has 1 N–H and O–H groups in total. The number of aromatic amines is 1. The first-order chi connectivity index (χ1) is 14.2. The van der Waals surface area contributed by atoms with Crippen molar-refractivity contribution in [3.63, 3.8) is 0 Å². The summed E-state index contributed by atoms with van der Waals surface area (Å²) in [4.78, 5) is 10.4. The molecule has 0 saturated carbocycles. The Labute approximate surface area is 169 Å². The first-order valence-corrected chi connectivity index (χ1v) is 9.80. The lowest BCUT2D eigenvalue weighted by Gasteiger charge is -2.36. The molecular formula is C24H22FN3O. The van der Waals surface area contributed by atoms with Crippen molar-refractivity contribution in [2.75, 3.05) is 13.7 Å². The Bertz CT molecular complexity index is 1140. The molecule has 0 bridgehead atoms. The molecular weight excluding hydrogens is 365 g/mol. The molecule has 0 radical (unpaired) electrons. The van der Waals surface area contributed by atoms with Gasteiger partial charge in [-0.05, 0) is 59.5 Å². The predicted octanol–water partition coefficient (Wildman–Crippen LogP) is 4.86. The zero-order chi connectivity index (χ0) is 19.8. The molecule has 4 nitrogen and oxygen atoms in total. The number of fused-ring (bicyclic) bond motifs is 3. The van der Waals surface area contributed by atoms with Crippen molar-refractivity contribution >= 4 is 10.9 Å². The molecule has 5 heteroatoms. The summed E-state index contributed by atoms with van der Waals surface area (Å²) in [6.07, 6.45) is 4.68. The van der Waals surface area contributed by atoms with Crippen LogP contribution in [0.5, 0.6) is 5.75 Å². The third-order valence-electron chi connectivity index (χ3n) is 5.73. The minimum atomic E-state index is -0.206. The highest BCUT2D eigenvalue weighted by Crippen LogP contribution is 2.39. The van der Waals surface area contributed by atoms with E-state index in [1.807, 2.05) is 30.5 Å². The summed E-state index contributed by atoms with van der Waals surface area (Å²) in [5.74, 6) is 0.661. The molecule has 29 heavy (non-hydrogen) atoms. The van der Waals surface area contributed by atoms with Gasteiger partial charge in [0.1, 0.15) is 11.6 Å². The summed E-state index contributed by atoms with van der Waals surface area (Å²) >= 11 is 0. The van der Waals surface area contributed by atoms with Crippen LogP contribution in [-0.2, 0) is 13.0 Å². The van der Waals surface area contributed by atoms with Crippen LogP contribution in [0.2, 0.25) is 0 Å². The van der Waals surface area contributed by atoms with E-state index < -0.39 is 0 Å². The number of ether oxygens (including phenoxy) is 1. The molecule has 0 aliphatic carbocycles. The summed E-state index contributed by atoms with van der Waals surface area (Å²) in [6.45, 7) is 1.66. The van der Waals surface area contributed by atoms with E-state index in [2.05, 4.69) is 33.1 Å². The zero-order valence-corrected chi connectivity index (χ0v) is 16.2. The van der Waals surface area contributed by atoms with Crippen molar-refractivity contribution in [2.24, 2.45) is 0 Å². The maximum atomic E-state index is 13.3. The molecule has 3 heterocycles. The van der Waals surface area contributed by atoms with Crippen LogP contribution < -0.4 is 4.74 Å². The number of H-pyrrole nitrogens is 1. The quantitative estimate of drug-likeness (QED) is 0.544. The minimum absolute atomic E-state index is 0.0656. The molecule has 2 aromatic carbocycles. The van der Waals surface area contributed by atoms with E-state index in [1.54, 1.807) is 13.3 Å². The third kappa shape index (κ3) is 3.28. The highest BCUT2D eigenvalue weighted by molar-refractivity contribution is 5.86. The second-order valence-corrected chi connectivity index (χ2v) is 7.46. The van der Waals surface area contributed by atoms with Gasteiger partial charge in [0, 0.05) is 42.1 Å². The maximum absolute atomic E-state index is 13.3. The van der Waals surface area contributed by atoms with Gasteiger partial charge in [0.2, 0.25) is 0 Å². The Morgan fingerprint density at radius 3 is 2.79 bits per heavy atom. The van der Waals surface area contributed by atoms with Crippen molar-refractivity contribution in [3.8, 4) is 5.75 Å². The number of halogens is 1. The van der Waals surface area contributed by atoms with Gasteiger partial charge in [0.05, 0.1) is 13.2 Å². The minimum Gasteiger partial charge on any atom is -0.497 e. The van der Waals surface area contributed by atoms with Crippen LogP contribution >= 0.6 is 0 Å². The van der Waals surface area contributed by atoms with Gasteiger partial charge in [-0.25, -0.2) is 4.39 Å². The van der Waals surface area contributed by atoms with Crippen LogP contribution in [0, 0.1) is 5.82 Å². The zero-order valence-electron chi connectivity index (χ0n) is 16.2. The average Bonchev–Trinajstić information content (AvgIpc) is 3.13. The predicted molar refractivity (Wildman–Crippen MR) is 111 cm³/mol. The third-order valence-corrected chi connectivity index (χ3v) is 5.73. The number of hydrogen-bond donors (Lipinski definition) is 1. The molecule has 1 aliphatic heterocycles. The number of nitrogens with one attached hydrogen (secondary N) is 1. The number of pyridine rings is 1. The maximum Gasteiger partial charge on any atom is 0.123 e. The molecule has 1 unspecified atom stereocenters. The fraction of sp³-hybridized carbons (Fsp3) is 0.208. The Morgan fingerprint density at radius 1 is 1.17 bits per heavy atom. The summed E-state index contributed by atoms with van der Waals surface area (Å²) in [6, 6.07) is 17.1. The average molecular weight is 387 g/mol. The van der Waals surface area contributed by atoms with E-state index in [9.17, 15) is 4.39 Å². The monoisotopic (exact) mass is 387 g/mol. The first-order valence-electron chi connectivity index (χ1n) is 9.80. The van der Waals surface area contributed by atoms with Crippen molar-refractivity contribution in [3.05, 3.63) is 95.2 Å². The van der Waals surface area contributed by atoms with E-state index in [0.717, 1.165) is 41.9 Å². The summed E-state index contributed by atoms with van der Waals surface area (Å²) in [5.41, 5.74) is 5.90. The molecule has 1 atom stereocenters. The van der Waals surface area contributed by atoms with Crippen molar-refractivity contribution < 1.29 is 9.13 Å². The number of rotatable bonds is 4.